The summed E-state index contributed by atoms with van der Waals surface area (Å²) in [6.07, 6.45) is 3.19. The summed E-state index contributed by atoms with van der Waals surface area (Å²) in [6.45, 7) is 6.83. The second-order valence-corrected chi connectivity index (χ2v) is 9.35. The minimum Gasteiger partial charge on any atom is -0.444 e. The Bertz CT molecular complexity index is 1380. The molecule has 2 aromatic heterocycles. The van der Waals surface area contributed by atoms with Gasteiger partial charge in [-0.1, -0.05) is 36.4 Å². The number of amides is 1. The fourth-order valence-electron chi connectivity index (χ4n) is 3.88. The van der Waals surface area contributed by atoms with Crippen LogP contribution in [0.15, 0.2) is 65.7 Å². The second-order valence-electron chi connectivity index (χ2n) is 9.35. The lowest BCUT2D eigenvalue weighted by Crippen LogP contribution is -2.32. The zero-order valence-corrected chi connectivity index (χ0v) is 20.4. The number of aromatic nitrogens is 3. The van der Waals surface area contributed by atoms with Gasteiger partial charge in [-0.05, 0) is 55.0 Å². The number of nitrogens with zero attached hydrogens (tertiary/aromatic N) is 2. The fraction of sp³-hybridized carbons (Fsp3) is 0.296. The molecule has 2 heterocycles. The summed E-state index contributed by atoms with van der Waals surface area (Å²) in [7, 11) is 1.65. The molecule has 0 aliphatic heterocycles. The van der Waals surface area contributed by atoms with Crippen molar-refractivity contribution >= 4 is 16.9 Å². The van der Waals surface area contributed by atoms with E-state index in [9.17, 15) is 9.59 Å². The third kappa shape index (κ3) is 5.96. The van der Waals surface area contributed by atoms with E-state index in [1.165, 1.54) is 0 Å². The maximum absolute atomic E-state index is 12.8. The summed E-state index contributed by atoms with van der Waals surface area (Å²) in [6, 6.07) is 15.5. The molecule has 0 aliphatic carbocycles. The number of alkyl carbamates (subject to hydrolysis) is 1. The first-order chi connectivity index (χ1) is 16.7. The van der Waals surface area contributed by atoms with E-state index in [1.54, 1.807) is 19.4 Å². The smallest absolute Gasteiger partial charge is 0.407 e. The zero-order chi connectivity index (χ0) is 25.0. The van der Waals surface area contributed by atoms with Crippen molar-refractivity contribution in [2.24, 2.45) is 0 Å². The molecule has 2 aromatic carbocycles. The fourth-order valence-corrected chi connectivity index (χ4v) is 3.88. The highest BCUT2D eigenvalue weighted by Gasteiger charge is 2.16. The van der Waals surface area contributed by atoms with Crippen LogP contribution in [-0.4, -0.2) is 33.3 Å². The summed E-state index contributed by atoms with van der Waals surface area (Å²) in [5, 5.41) is 4.13. The molecule has 8 nitrogen and oxygen atoms in total. The van der Waals surface area contributed by atoms with Crippen molar-refractivity contribution < 1.29 is 14.3 Å². The van der Waals surface area contributed by atoms with Gasteiger partial charge < -0.3 is 24.3 Å². The quantitative estimate of drug-likeness (QED) is 0.408. The monoisotopic (exact) mass is 474 g/mol. The van der Waals surface area contributed by atoms with Crippen LogP contribution in [0.4, 0.5) is 4.79 Å². The number of imidazole rings is 1. The molecule has 4 aromatic rings. The van der Waals surface area contributed by atoms with Crippen molar-refractivity contribution in [2.75, 3.05) is 7.11 Å². The van der Waals surface area contributed by atoms with Crippen molar-refractivity contribution in [1.29, 1.82) is 0 Å². The molecule has 0 radical (unpaired) electrons. The molecular weight excluding hydrogens is 444 g/mol. The zero-order valence-electron chi connectivity index (χ0n) is 20.4. The van der Waals surface area contributed by atoms with Crippen LogP contribution in [0.3, 0.4) is 0 Å². The first-order valence-electron chi connectivity index (χ1n) is 11.4. The van der Waals surface area contributed by atoms with Gasteiger partial charge in [0, 0.05) is 43.7 Å². The highest BCUT2D eigenvalue weighted by molar-refractivity contribution is 5.88. The van der Waals surface area contributed by atoms with E-state index in [0.29, 0.717) is 24.2 Å². The number of nitrogens with one attached hydrogen (secondary N) is 2. The molecule has 0 saturated heterocycles. The van der Waals surface area contributed by atoms with Crippen LogP contribution in [0, 0.1) is 0 Å². The van der Waals surface area contributed by atoms with E-state index in [4.69, 9.17) is 9.47 Å². The van der Waals surface area contributed by atoms with E-state index in [2.05, 4.69) is 15.3 Å². The lowest BCUT2D eigenvalue weighted by molar-refractivity contribution is 0.0524. The minimum atomic E-state index is -0.581. The standard InChI is InChI=1S/C27H30N4O4/c1-27(2,3)35-26(33)29-15-20-6-5-7-21-22(20)14-23(30-25(21)32)19-10-8-18(9-11-19)16-31-13-12-28-24(31)17-34-4/h5-14H,15-17H2,1-4H3,(H,29,33)(H,30,32). The van der Waals surface area contributed by atoms with E-state index in [-0.39, 0.29) is 12.1 Å². The normalized spacial score (nSPS) is 11.5. The number of pyridine rings is 1. The molecule has 0 fully saturated rings. The summed E-state index contributed by atoms with van der Waals surface area (Å²) >= 11 is 0. The Hall–Kier alpha value is -3.91. The van der Waals surface area contributed by atoms with E-state index >= 15 is 0 Å². The molecule has 35 heavy (non-hydrogen) atoms. The third-order valence-corrected chi connectivity index (χ3v) is 5.49. The van der Waals surface area contributed by atoms with Crippen molar-refractivity contribution in [1.82, 2.24) is 19.9 Å². The molecular formula is C27H30N4O4. The lowest BCUT2D eigenvalue weighted by Gasteiger charge is -2.20. The SMILES string of the molecule is COCc1nccn1Cc1ccc(-c2cc3c(CNC(=O)OC(C)(C)C)cccc3c(=O)[nH]2)cc1. The maximum Gasteiger partial charge on any atom is 0.407 e. The summed E-state index contributed by atoms with van der Waals surface area (Å²) in [5.74, 6) is 0.864. The number of fused-ring (bicyclic) bond motifs is 1. The summed E-state index contributed by atoms with van der Waals surface area (Å²) in [4.78, 5) is 32.3. The average Bonchev–Trinajstić information content (AvgIpc) is 3.24. The third-order valence-electron chi connectivity index (χ3n) is 5.49. The number of carbonyl (C=O) groups is 1. The molecule has 0 unspecified atom stereocenters. The molecule has 8 heteroatoms. The van der Waals surface area contributed by atoms with Crippen LogP contribution in [0.25, 0.3) is 22.0 Å². The molecule has 0 atom stereocenters. The van der Waals surface area contributed by atoms with Gasteiger partial charge in [0.1, 0.15) is 18.0 Å². The predicted molar refractivity (Wildman–Crippen MR) is 135 cm³/mol. The minimum absolute atomic E-state index is 0.177. The van der Waals surface area contributed by atoms with Crippen LogP contribution < -0.4 is 10.9 Å². The Morgan fingerprint density at radius 2 is 1.89 bits per heavy atom. The van der Waals surface area contributed by atoms with Crippen molar-refractivity contribution in [3.05, 3.63) is 88.2 Å². The van der Waals surface area contributed by atoms with E-state index in [0.717, 1.165) is 27.9 Å². The molecule has 0 spiro atoms. The lowest BCUT2D eigenvalue weighted by atomic mass is 10.0. The summed E-state index contributed by atoms with van der Waals surface area (Å²) in [5.41, 5.74) is 2.79. The average molecular weight is 475 g/mol. The van der Waals surface area contributed by atoms with Gasteiger partial charge in [0.15, 0.2) is 0 Å². The van der Waals surface area contributed by atoms with Crippen LogP contribution in [0.5, 0.6) is 0 Å². The largest absolute Gasteiger partial charge is 0.444 e. The van der Waals surface area contributed by atoms with Gasteiger partial charge in [-0.2, -0.15) is 0 Å². The highest BCUT2D eigenvalue weighted by atomic mass is 16.6. The number of methoxy groups -OCH3 is 1. The number of hydrogen-bond donors (Lipinski definition) is 2. The number of rotatable bonds is 7. The predicted octanol–water partition coefficient (Wildman–Crippen LogP) is 4.61. The number of ether oxygens (including phenoxy) is 2. The number of aromatic amines is 1. The van der Waals surface area contributed by atoms with Crippen molar-refractivity contribution in [3.63, 3.8) is 0 Å². The topological polar surface area (TPSA) is 98.2 Å². The van der Waals surface area contributed by atoms with Gasteiger partial charge in [-0.15, -0.1) is 0 Å². The first kappa shape index (κ1) is 24.2. The Kier molecular flexibility index (Phi) is 7.02. The van der Waals surface area contributed by atoms with Gasteiger partial charge in [-0.3, -0.25) is 4.79 Å². The summed E-state index contributed by atoms with van der Waals surface area (Å²) < 4.78 is 12.6. The van der Waals surface area contributed by atoms with E-state index in [1.807, 2.05) is 74.0 Å². The molecule has 1 amide bonds. The van der Waals surface area contributed by atoms with Gasteiger partial charge in [-0.25, -0.2) is 9.78 Å². The Morgan fingerprint density at radius 1 is 1.11 bits per heavy atom. The number of H-pyrrole nitrogens is 1. The Balaban J connectivity index is 1.57. The molecule has 2 N–H and O–H groups in total. The maximum atomic E-state index is 12.8. The molecule has 0 aliphatic rings. The first-order valence-corrected chi connectivity index (χ1v) is 11.4. The molecule has 0 saturated carbocycles. The molecule has 4 rings (SSSR count). The molecule has 182 valence electrons. The van der Waals surface area contributed by atoms with Crippen LogP contribution in [0.2, 0.25) is 0 Å². The number of benzene rings is 2. The van der Waals surface area contributed by atoms with Crippen LogP contribution >= 0.6 is 0 Å². The van der Waals surface area contributed by atoms with Crippen LogP contribution in [0.1, 0.15) is 37.7 Å². The number of hydrogen-bond acceptors (Lipinski definition) is 5. The highest BCUT2D eigenvalue weighted by Crippen LogP contribution is 2.23. The van der Waals surface area contributed by atoms with Gasteiger partial charge >= 0.3 is 6.09 Å². The van der Waals surface area contributed by atoms with Gasteiger partial charge in [0.05, 0.1) is 0 Å². The Morgan fingerprint density at radius 3 is 2.60 bits per heavy atom. The van der Waals surface area contributed by atoms with E-state index < -0.39 is 11.7 Å². The van der Waals surface area contributed by atoms with Crippen LogP contribution in [-0.2, 0) is 29.2 Å². The van der Waals surface area contributed by atoms with Crippen molar-refractivity contribution in [2.45, 2.75) is 46.1 Å². The van der Waals surface area contributed by atoms with Gasteiger partial charge in [0.25, 0.3) is 5.56 Å². The second kappa shape index (κ2) is 10.1. The molecule has 0 bridgehead atoms. The number of carbonyl (C=O) groups excluding carboxylic acids is 1. The Labute approximate surface area is 203 Å². The van der Waals surface area contributed by atoms with Gasteiger partial charge in [0.2, 0.25) is 0 Å². The van der Waals surface area contributed by atoms with Crippen molar-refractivity contribution in [3.8, 4) is 11.3 Å².